The van der Waals surface area contributed by atoms with Crippen molar-refractivity contribution in [2.45, 2.75) is 52.3 Å². The van der Waals surface area contributed by atoms with Gasteiger partial charge in [-0.3, -0.25) is 0 Å². The second-order valence-corrected chi connectivity index (χ2v) is 5.98. The molecule has 0 heterocycles. The van der Waals surface area contributed by atoms with E-state index >= 15 is 0 Å². The van der Waals surface area contributed by atoms with Gasteiger partial charge >= 0.3 is 0 Å². The predicted octanol–water partition coefficient (Wildman–Crippen LogP) is 5.60. The molecule has 0 saturated heterocycles. The van der Waals surface area contributed by atoms with Crippen molar-refractivity contribution in [2.75, 3.05) is 0 Å². The van der Waals surface area contributed by atoms with Gasteiger partial charge in [0.05, 0.1) is 5.38 Å². The zero-order valence-electron chi connectivity index (χ0n) is 11.5. The van der Waals surface area contributed by atoms with Crippen LogP contribution >= 0.6 is 11.6 Å². The molecular formula is C16H25Cl. The van der Waals surface area contributed by atoms with E-state index in [1.807, 2.05) is 0 Å². The van der Waals surface area contributed by atoms with E-state index in [1.165, 1.54) is 24.0 Å². The zero-order valence-corrected chi connectivity index (χ0v) is 12.3. The molecule has 0 nitrogen and oxygen atoms in total. The van der Waals surface area contributed by atoms with E-state index in [4.69, 9.17) is 11.6 Å². The highest BCUT2D eigenvalue weighted by atomic mass is 35.5. The van der Waals surface area contributed by atoms with Gasteiger partial charge in [-0.2, -0.15) is 0 Å². The van der Waals surface area contributed by atoms with Crippen LogP contribution in [0.4, 0.5) is 0 Å². The van der Waals surface area contributed by atoms with Crippen molar-refractivity contribution in [1.29, 1.82) is 0 Å². The van der Waals surface area contributed by atoms with E-state index < -0.39 is 0 Å². The summed E-state index contributed by atoms with van der Waals surface area (Å²) >= 11 is 6.49. The molecule has 0 aromatic heterocycles. The molecular weight excluding hydrogens is 228 g/mol. The molecule has 1 heteroatoms. The third kappa shape index (κ3) is 4.71. The molecule has 0 amide bonds. The van der Waals surface area contributed by atoms with Crippen molar-refractivity contribution >= 4 is 11.6 Å². The lowest BCUT2D eigenvalue weighted by molar-refractivity contribution is 0.507. The Morgan fingerprint density at radius 3 is 2.12 bits per heavy atom. The molecule has 0 saturated carbocycles. The fraction of sp³-hybridized carbons (Fsp3) is 0.625. The number of alkyl halides is 1. The summed E-state index contributed by atoms with van der Waals surface area (Å²) in [6.07, 6.45) is 3.55. The van der Waals surface area contributed by atoms with E-state index in [1.54, 1.807) is 0 Å². The van der Waals surface area contributed by atoms with Gasteiger partial charge in [-0.05, 0) is 35.8 Å². The molecule has 2 unspecified atom stereocenters. The maximum absolute atomic E-state index is 6.49. The van der Waals surface area contributed by atoms with Crippen LogP contribution < -0.4 is 0 Å². The fourth-order valence-corrected chi connectivity index (χ4v) is 2.51. The molecule has 0 aliphatic heterocycles. The van der Waals surface area contributed by atoms with Crippen LogP contribution in [-0.2, 0) is 6.42 Å². The van der Waals surface area contributed by atoms with Gasteiger partial charge in [-0.15, -0.1) is 11.6 Å². The lowest BCUT2D eigenvalue weighted by Crippen LogP contribution is -2.04. The molecule has 96 valence electrons. The molecule has 0 spiro atoms. The van der Waals surface area contributed by atoms with Gasteiger partial charge in [0.1, 0.15) is 0 Å². The lowest BCUT2D eigenvalue weighted by Gasteiger charge is -2.18. The van der Waals surface area contributed by atoms with E-state index in [0.717, 1.165) is 6.42 Å². The van der Waals surface area contributed by atoms with Crippen LogP contribution in [0.2, 0.25) is 0 Å². The van der Waals surface area contributed by atoms with Crippen LogP contribution in [0.15, 0.2) is 24.3 Å². The van der Waals surface area contributed by atoms with Gasteiger partial charge in [0, 0.05) is 0 Å². The van der Waals surface area contributed by atoms with E-state index in [0.29, 0.717) is 11.8 Å². The monoisotopic (exact) mass is 252 g/mol. The molecule has 1 aromatic rings. The molecule has 0 bridgehead atoms. The summed E-state index contributed by atoms with van der Waals surface area (Å²) in [7, 11) is 0. The summed E-state index contributed by atoms with van der Waals surface area (Å²) in [6.45, 7) is 8.96. The molecule has 2 atom stereocenters. The molecule has 1 rings (SSSR count). The smallest absolute Gasteiger partial charge is 0.0610 e. The number of benzene rings is 1. The minimum absolute atomic E-state index is 0.156. The Morgan fingerprint density at radius 1 is 1.06 bits per heavy atom. The van der Waals surface area contributed by atoms with Gasteiger partial charge in [0.15, 0.2) is 0 Å². The summed E-state index contributed by atoms with van der Waals surface area (Å²) in [6, 6.07) is 8.84. The first kappa shape index (κ1) is 14.6. The summed E-state index contributed by atoms with van der Waals surface area (Å²) in [4.78, 5) is 0. The second kappa shape index (κ2) is 7.06. The van der Waals surface area contributed by atoms with Crippen LogP contribution in [0.1, 0.15) is 57.0 Å². The Morgan fingerprint density at radius 2 is 1.65 bits per heavy atom. The number of hydrogen-bond donors (Lipinski definition) is 0. The number of halogens is 1. The van der Waals surface area contributed by atoms with E-state index in [9.17, 15) is 0 Å². The molecule has 17 heavy (non-hydrogen) atoms. The first-order chi connectivity index (χ1) is 8.04. The maximum atomic E-state index is 6.49. The third-order valence-electron chi connectivity index (χ3n) is 3.19. The standard InChI is InChI=1S/C16H25Cl/c1-5-6-13(4)16(17)15-9-7-14(8-10-15)11-12(2)3/h7-10,12-13,16H,5-6,11H2,1-4H3. The van der Waals surface area contributed by atoms with Crippen LogP contribution in [0, 0.1) is 11.8 Å². The topological polar surface area (TPSA) is 0 Å². The van der Waals surface area contributed by atoms with Gasteiger partial charge in [0.25, 0.3) is 0 Å². The van der Waals surface area contributed by atoms with Crippen LogP contribution in [0.25, 0.3) is 0 Å². The first-order valence-corrected chi connectivity index (χ1v) is 7.21. The fourth-order valence-electron chi connectivity index (χ4n) is 2.24. The Bertz CT molecular complexity index is 313. The van der Waals surface area contributed by atoms with Crippen molar-refractivity contribution in [3.05, 3.63) is 35.4 Å². The molecule has 0 aliphatic carbocycles. The van der Waals surface area contributed by atoms with Crippen molar-refractivity contribution in [1.82, 2.24) is 0 Å². The van der Waals surface area contributed by atoms with Crippen LogP contribution in [0.3, 0.4) is 0 Å². The largest absolute Gasteiger partial charge is 0.118 e. The normalized spacial score (nSPS) is 14.9. The van der Waals surface area contributed by atoms with Crippen molar-refractivity contribution in [3.63, 3.8) is 0 Å². The third-order valence-corrected chi connectivity index (χ3v) is 3.87. The zero-order chi connectivity index (χ0) is 12.8. The summed E-state index contributed by atoms with van der Waals surface area (Å²) in [5, 5.41) is 0.156. The van der Waals surface area contributed by atoms with Crippen molar-refractivity contribution < 1.29 is 0 Å². The Kier molecular flexibility index (Phi) is 6.05. The predicted molar refractivity (Wildman–Crippen MR) is 77.7 cm³/mol. The van der Waals surface area contributed by atoms with E-state index in [2.05, 4.69) is 52.0 Å². The minimum Gasteiger partial charge on any atom is -0.118 e. The quantitative estimate of drug-likeness (QED) is 0.578. The van der Waals surface area contributed by atoms with Crippen LogP contribution in [0.5, 0.6) is 0 Å². The molecule has 0 aliphatic rings. The van der Waals surface area contributed by atoms with Gasteiger partial charge in [0.2, 0.25) is 0 Å². The lowest BCUT2D eigenvalue weighted by atomic mass is 9.94. The molecule has 0 N–H and O–H groups in total. The number of hydrogen-bond acceptors (Lipinski definition) is 0. The summed E-state index contributed by atoms with van der Waals surface area (Å²) < 4.78 is 0. The van der Waals surface area contributed by atoms with E-state index in [-0.39, 0.29) is 5.38 Å². The Labute approximate surface area is 111 Å². The second-order valence-electron chi connectivity index (χ2n) is 5.51. The SMILES string of the molecule is CCCC(C)C(Cl)c1ccc(CC(C)C)cc1. The highest BCUT2D eigenvalue weighted by Crippen LogP contribution is 2.31. The van der Waals surface area contributed by atoms with Gasteiger partial charge in [-0.1, -0.05) is 58.4 Å². The highest BCUT2D eigenvalue weighted by Gasteiger charge is 2.15. The first-order valence-electron chi connectivity index (χ1n) is 6.77. The number of rotatable bonds is 6. The summed E-state index contributed by atoms with van der Waals surface area (Å²) in [5.74, 6) is 1.27. The average molecular weight is 253 g/mol. The highest BCUT2D eigenvalue weighted by molar-refractivity contribution is 6.21. The molecule has 0 fully saturated rings. The molecule has 0 radical (unpaired) electrons. The maximum Gasteiger partial charge on any atom is 0.0610 e. The van der Waals surface area contributed by atoms with Crippen LogP contribution in [-0.4, -0.2) is 0 Å². The Balaban J connectivity index is 2.66. The minimum atomic E-state index is 0.156. The average Bonchev–Trinajstić information content (AvgIpc) is 2.28. The molecule has 1 aromatic carbocycles. The summed E-state index contributed by atoms with van der Waals surface area (Å²) in [5.41, 5.74) is 2.68. The van der Waals surface area contributed by atoms with Gasteiger partial charge < -0.3 is 0 Å². The van der Waals surface area contributed by atoms with Crippen molar-refractivity contribution in [2.24, 2.45) is 11.8 Å². The van der Waals surface area contributed by atoms with Gasteiger partial charge in [-0.25, -0.2) is 0 Å². The Hall–Kier alpha value is -0.490. The van der Waals surface area contributed by atoms with Crippen molar-refractivity contribution in [3.8, 4) is 0 Å².